The van der Waals surface area contributed by atoms with Crippen molar-refractivity contribution in [2.45, 2.75) is 38.8 Å². The van der Waals surface area contributed by atoms with Gasteiger partial charge in [-0.1, -0.05) is 6.92 Å². The Kier molecular flexibility index (Phi) is 6.04. The minimum atomic E-state index is 0.103. The Morgan fingerprint density at radius 1 is 1.53 bits per heavy atom. The fraction of sp³-hybridized carbons (Fsp3) is 0.643. The lowest BCUT2D eigenvalue weighted by atomic mass is 10.3. The second kappa shape index (κ2) is 7.80. The number of thiophene rings is 1. The summed E-state index contributed by atoms with van der Waals surface area (Å²) in [5, 5.41) is 7.24. The van der Waals surface area contributed by atoms with Gasteiger partial charge in [-0.05, 0) is 47.4 Å². The Morgan fingerprint density at radius 3 is 3.00 bits per heavy atom. The second-order valence-electron chi connectivity index (χ2n) is 4.83. The number of carbonyl (C=O) groups excluding carboxylic acids is 1. The lowest BCUT2D eigenvalue weighted by Crippen LogP contribution is -2.41. The van der Waals surface area contributed by atoms with E-state index in [9.17, 15) is 4.79 Å². The SMILES string of the molecule is CCCSCCNC(=O)N(Cc1ccsc1)C1CC1. The topological polar surface area (TPSA) is 32.3 Å². The molecule has 0 saturated heterocycles. The fourth-order valence-corrected chi connectivity index (χ4v) is 3.31. The Hall–Kier alpha value is -0.680. The first-order valence-corrected chi connectivity index (χ1v) is 9.04. The van der Waals surface area contributed by atoms with Crippen LogP contribution >= 0.6 is 23.1 Å². The molecule has 1 aromatic rings. The van der Waals surface area contributed by atoms with Gasteiger partial charge in [0.25, 0.3) is 0 Å². The first kappa shape index (κ1) is 14.7. The van der Waals surface area contributed by atoms with Gasteiger partial charge in [0, 0.05) is 24.9 Å². The van der Waals surface area contributed by atoms with E-state index in [1.54, 1.807) is 11.3 Å². The first-order chi connectivity index (χ1) is 9.31. The van der Waals surface area contributed by atoms with Gasteiger partial charge in [0.05, 0.1) is 0 Å². The van der Waals surface area contributed by atoms with Crippen LogP contribution in [0.1, 0.15) is 31.7 Å². The predicted molar refractivity (Wildman–Crippen MR) is 83.9 cm³/mol. The summed E-state index contributed by atoms with van der Waals surface area (Å²) in [4.78, 5) is 14.2. The summed E-state index contributed by atoms with van der Waals surface area (Å²) in [7, 11) is 0. The lowest BCUT2D eigenvalue weighted by Gasteiger charge is -2.22. The zero-order valence-corrected chi connectivity index (χ0v) is 13.1. The summed E-state index contributed by atoms with van der Waals surface area (Å²) >= 11 is 3.60. The Balaban J connectivity index is 1.73. The van der Waals surface area contributed by atoms with Crippen LogP contribution < -0.4 is 5.32 Å². The number of hydrogen-bond acceptors (Lipinski definition) is 3. The van der Waals surface area contributed by atoms with E-state index in [0.717, 1.165) is 31.7 Å². The monoisotopic (exact) mass is 298 g/mol. The molecule has 1 N–H and O–H groups in total. The number of carbonyl (C=O) groups is 1. The van der Waals surface area contributed by atoms with Crippen LogP contribution in [-0.4, -0.2) is 35.0 Å². The Morgan fingerprint density at radius 2 is 2.37 bits per heavy atom. The van der Waals surface area contributed by atoms with Crippen molar-refractivity contribution in [2.24, 2.45) is 0 Å². The van der Waals surface area contributed by atoms with Crippen molar-refractivity contribution in [1.82, 2.24) is 10.2 Å². The number of hydrogen-bond donors (Lipinski definition) is 1. The molecule has 0 unspecified atom stereocenters. The number of nitrogens with zero attached hydrogens (tertiary/aromatic N) is 1. The normalized spacial score (nSPS) is 14.4. The van der Waals surface area contributed by atoms with Gasteiger partial charge in [-0.2, -0.15) is 23.1 Å². The molecule has 1 aliphatic rings. The van der Waals surface area contributed by atoms with E-state index >= 15 is 0 Å². The van der Waals surface area contributed by atoms with Gasteiger partial charge in [-0.15, -0.1) is 0 Å². The van der Waals surface area contributed by atoms with Crippen molar-refractivity contribution in [3.63, 3.8) is 0 Å². The molecule has 1 aromatic heterocycles. The summed E-state index contributed by atoms with van der Waals surface area (Å²) in [6, 6.07) is 2.67. The number of thioether (sulfide) groups is 1. The van der Waals surface area contributed by atoms with E-state index in [1.165, 1.54) is 17.7 Å². The van der Waals surface area contributed by atoms with Crippen molar-refractivity contribution in [3.05, 3.63) is 22.4 Å². The van der Waals surface area contributed by atoms with Crippen LogP contribution in [0.5, 0.6) is 0 Å². The second-order valence-corrected chi connectivity index (χ2v) is 6.84. The van der Waals surface area contributed by atoms with Crippen molar-refractivity contribution < 1.29 is 4.79 Å². The average Bonchev–Trinajstić information content (AvgIpc) is 3.12. The lowest BCUT2D eigenvalue weighted by molar-refractivity contribution is 0.193. The van der Waals surface area contributed by atoms with Gasteiger partial charge in [0.2, 0.25) is 0 Å². The smallest absolute Gasteiger partial charge is 0.317 e. The van der Waals surface area contributed by atoms with Crippen LogP contribution in [0.25, 0.3) is 0 Å². The molecular formula is C14H22N2OS2. The van der Waals surface area contributed by atoms with Crippen LogP contribution in [0, 0.1) is 0 Å². The molecule has 106 valence electrons. The van der Waals surface area contributed by atoms with E-state index in [-0.39, 0.29) is 6.03 Å². The summed E-state index contributed by atoms with van der Waals surface area (Å²) < 4.78 is 0. The highest BCUT2D eigenvalue weighted by molar-refractivity contribution is 7.99. The zero-order valence-electron chi connectivity index (χ0n) is 11.4. The molecule has 0 radical (unpaired) electrons. The van der Waals surface area contributed by atoms with Gasteiger partial charge in [0.15, 0.2) is 0 Å². The molecule has 1 saturated carbocycles. The molecule has 0 bridgehead atoms. The molecule has 0 atom stereocenters. The van der Waals surface area contributed by atoms with Crippen molar-refractivity contribution >= 4 is 29.1 Å². The van der Waals surface area contributed by atoms with Crippen LogP contribution in [0.3, 0.4) is 0 Å². The highest BCUT2D eigenvalue weighted by atomic mass is 32.2. The third-order valence-electron chi connectivity index (χ3n) is 3.05. The molecule has 0 aliphatic heterocycles. The molecule has 19 heavy (non-hydrogen) atoms. The van der Waals surface area contributed by atoms with E-state index in [1.807, 2.05) is 16.7 Å². The number of nitrogens with one attached hydrogen (secondary N) is 1. The molecule has 3 nitrogen and oxygen atoms in total. The summed E-state index contributed by atoms with van der Waals surface area (Å²) in [5.41, 5.74) is 1.24. The van der Waals surface area contributed by atoms with E-state index in [2.05, 4.69) is 29.1 Å². The van der Waals surface area contributed by atoms with E-state index in [4.69, 9.17) is 0 Å². The van der Waals surface area contributed by atoms with Gasteiger partial charge in [0.1, 0.15) is 0 Å². The average molecular weight is 298 g/mol. The number of rotatable bonds is 8. The third-order valence-corrected chi connectivity index (χ3v) is 4.97. The molecule has 2 amide bonds. The Bertz CT molecular complexity index is 377. The maximum Gasteiger partial charge on any atom is 0.317 e. The van der Waals surface area contributed by atoms with Crippen molar-refractivity contribution in [1.29, 1.82) is 0 Å². The summed E-state index contributed by atoms with van der Waals surface area (Å²) in [5.74, 6) is 2.19. The van der Waals surface area contributed by atoms with Gasteiger partial charge in [-0.3, -0.25) is 0 Å². The van der Waals surface area contributed by atoms with E-state index in [0.29, 0.717) is 6.04 Å². The predicted octanol–water partition coefficient (Wildman–Crippen LogP) is 3.57. The van der Waals surface area contributed by atoms with Crippen LogP contribution in [-0.2, 0) is 6.54 Å². The highest BCUT2D eigenvalue weighted by Gasteiger charge is 2.32. The van der Waals surface area contributed by atoms with Crippen LogP contribution in [0.15, 0.2) is 16.8 Å². The zero-order chi connectivity index (χ0) is 13.5. The van der Waals surface area contributed by atoms with Crippen LogP contribution in [0.4, 0.5) is 4.79 Å². The molecule has 1 heterocycles. The maximum absolute atomic E-state index is 12.2. The third kappa shape index (κ3) is 5.07. The van der Waals surface area contributed by atoms with Crippen molar-refractivity contribution in [2.75, 3.05) is 18.1 Å². The van der Waals surface area contributed by atoms with E-state index < -0.39 is 0 Å². The standard InChI is InChI=1S/C14H22N2OS2/c1-2-7-18-9-6-15-14(17)16(13-3-4-13)10-12-5-8-19-11-12/h5,8,11,13H,2-4,6-7,9-10H2,1H3,(H,15,17). The summed E-state index contributed by atoms with van der Waals surface area (Å²) in [6.45, 7) is 3.71. The molecule has 0 spiro atoms. The first-order valence-electron chi connectivity index (χ1n) is 6.94. The Labute approximate surface area is 123 Å². The number of amides is 2. The van der Waals surface area contributed by atoms with Gasteiger partial charge in [-0.25, -0.2) is 4.79 Å². The molecule has 1 aliphatic carbocycles. The molecular weight excluding hydrogens is 276 g/mol. The summed E-state index contributed by atoms with van der Waals surface area (Å²) in [6.07, 6.45) is 3.51. The van der Waals surface area contributed by atoms with Gasteiger partial charge >= 0.3 is 6.03 Å². The maximum atomic E-state index is 12.2. The van der Waals surface area contributed by atoms with Gasteiger partial charge < -0.3 is 10.2 Å². The number of urea groups is 1. The largest absolute Gasteiger partial charge is 0.337 e. The molecule has 2 rings (SSSR count). The van der Waals surface area contributed by atoms with Crippen molar-refractivity contribution in [3.8, 4) is 0 Å². The minimum absolute atomic E-state index is 0.103. The fourth-order valence-electron chi connectivity index (χ4n) is 1.91. The highest BCUT2D eigenvalue weighted by Crippen LogP contribution is 2.28. The molecule has 5 heteroatoms. The molecule has 0 aromatic carbocycles. The van der Waals surface area contributed by atoms with Crippen LogP contribution in [0.2, 0.25) is 0 Å². The molecule has 1 fully saturated rings. The minimum Gasteiger partial charge on any atom is -0.337 e. The quantitative estimate of drug-likeness (QED) is 0.744.